The van der Waals surface area contributed by atoms with Crippen LogP contribution < -0.4 is 4.74 Å². The molecule has 118 valence electrons. The molecule has 1 heterocycles. The molecule has 0 amide bonds. The van der Waals surface area contributed by atoms with Gasteiger partial charge in [0, 0.05) is 5.39 Å². The van der Waals surface area contributed by atoms with Crippen molar-refractivity contribution in [1.82, 2.24) is 0 Å². The number of para-hydroxylation sites is 1. The highest BCUT2D eigenvalue weighted by atomic mass is 16.5. The molecule has 0 spiro atoms. The third-order valence-corrected chi connectivity index (χ3v) is 3.50. The van der Waals surface area contributed by atoms with Crippen LogP contribution in [0.1, 0.15) is 17.3 Å². The van der Waals surface area contributed by atoms with Crippen LogP contribution in [-0.4, -0.2) is 24.8 Å². The van der Waals surface area contributed by atoms with E-state index in [9.17, 15) is 9.90 Å². The molecule has 0 aliphatic rings. The summed E-state index contributed by atoms with van der Waals surface area (Å²) in [6.45, 7) is 1.98. The van der Waals surface area contributed by atoms with Crippen LogP contribution in [0.3, 0.4) is 0 Å². The molecule has 0 saturated heterocycles. The van der Waals surface area contributed by atoms with Gasteiger partial charge in [0.05, 0.1) is 19.3 Å². The molecule has 5 heteroatoms. The minimum atomic E-state index is -0.502. The van der Waals surface area contributed by atoms with Crippen molar-refractivity contribution >= 4 is 16.9 Å². The molecule has 0 unspecified atom stereocenters. The Morgan fingerprint density at radius 1 is 1.22 bits per heavy atom. The number of benzene rings is 2. The zero-order chi connectivity index (χ0) is 16.4. The van der Waals surface area contributed by atoms with Crippen LogP contribution in [-0.2, 0) is 4.74 Å². The molecule has 0 saturated carbocycles. The molecular formula is C18H16O5. The fraction of sp³-hybridized carbons (Fsp3) is 0.167. The molecular weight excluding hydrogens is 296 g/mol. The van der Waals surface area contributed by atoms with E-state index in [-0.39, 0.29) is 17.9 Å². The SMILES string of the molecule is CCOC(=O)c1c(-c2ccccc2OC)oc2ccc(O)cc12. The van der Waals surface area contributed by atoms with Gasteiger partial charge < -0.3 is 19.0 Å². The average Bonchev–Trinajstić information content (AvgIpc) is 2.93. The number of carbonyl (C=O) groups excluding carboxylic acids is 1. The van der Waals surface area contributed by atoms with Crippen LogP contribution in [0.2, 0.25) is 0 Å². The Kier molecular flexibility index (Phi) is 3.93. The van der Waals surface area contributed by atoms with E-state index in [1.807, 2.05) is 12.1 Å². The second-order valence-corrected chi connectivity index (χ2v) is 4.91. The number of carbonyl (C=O) groups is 1. The number of ether oxygens (including phenoxy) is 2. The number of aromatic hydroxyl groups is 1. The first kappa shape index (κ1) is 15.0. The van der Waals surface area contributed by atoms with Crippen molar-refractivity contribution in [1.29, 1.82) is 0 Å². The zero-order valence-corrected chi connectivity index (χ0v) is 12.8. The fourth-order valence-electron chi connectivity index (χ4n) is 2.51. The summed E-state index contributed by atoms with van der Waals surface area (Å²) in [4.78, 5) is 12.4. The smallest absolute Gasteiger partial charge is 0.342 e. The largest absolute Gasteiger partial charge is 0.508 e. The highest BCUT2D eigenvalue weighted by molar-refractivity contribution is 6.09. The first-order valence-corrected chi connectivity index (χ1v) is 7.21. The topological polar surface area (TPSA) is 68.9 Å². The summed E-state index contributed by atoms with van der Waals surface area (Å²) in [7, 11) is 1.55. The Morgan fingerprint density at radius 3 is 2.74 bits per heavy atom. The first-order valence-electron chi connectivity index (χ1n) is 7.21. The molecule has 0 radical (unpaired) electrons. The highest BCUT2D eigenvalue weighted by Gasteiger charge is 2.25. The third kappa shape index (κ3) is 2.61. The zero-order valence-electron chi connectivity index (χ0n) is 12.8. The van der Waals surface area contributed by atoms with E-state index >= 15 is 0 Å². The van der Waals surface area contributed by atoms with Gasteiger partial charge in [0.15, 0.2) is 5.76 Å². The number of hydrogen-bond acceptors (Lipinski definition) is 5. The molecule has 0 fully saturated rings. The minimum Gasteiger partial charge on any atom is -0.508 e. The average molecular weight is 312 g/mol. The Hall–Kier alpha value is -2.95. The summed E-state index contributed by atoms with van der Waals surface area (Å²) >= 11 is 0. The molecule has 1 N–H and O–H groups in total. The number of phenolic OH excluding ortho intramolecular Hbond substituents is 1. The normalized spacial score (nSPS) is 10.7. The number of methoxy groups -OCH3 is 1. The number of hydrogen-bond donors (Lipinski definition) is 1. The van der Waals surface area contributed by atoms with Gasteiger partial charge in [-0.2, -0.15) is 0 Å². The van der Waals surface area contributed by atoms with Crippen molar-refractivity contribution < 1.29 is 23.8 Å². The lowest BCUT2D eigenvalue weighted by Crippen LogP contribution is -2.05. The number of furan rings is 1. The monoisotopic (exact) mass is 312 g/mol. The van der Waals surface area contributed by atoms with Gasteiger partial charge in [0.25, 0.3) is 0 Å². The quantitative estimate of drug-likeness (QED) is 0.738. The molecule has 2 aromatic carbocycles. The summed E-state index contributed by atoms with van der Waals surface area (Å²) in [6.07, 6.45) is 0. The number of fused-ring (bicyclic) bond motifs is 1. The van der Waals surface area contributed by atoms with E-state index in [4.69, 9.17) is 13.9 Å². The first-order chi connectivity index (χ1) is 11.2. The number of phenols is 1. The lowest BCUT2D eigenvalue weighted by atomic mass is 10.0. The Morgan fingerprint density at radius 2 is 2.00 bits per heavy atom. The molecule has 3 aromatic rings. The maximum absolute atomic E-state index is 12.4. The molecule has 0 aliphatic carbocycles. The predicted octanol–water partition coefficient (Wildman–Crippen LogP) is 3.99. The van der Waals surface area contributed by atoms with Crippen molar-refractivity contribution in [3.05, 3.63) is 48.0 Å². The van der Waals surface area contributed by atoms with Gasteiger partial charge in [-0.1, -0.05) is 12.1 Å². The van der Waals surface area contributed by atoms with Crippen LogP contribution in [0.5, 0.6) is 11.5 Å². The van der Waals surface area contributed by atoms with Crippen molar-refractivity contribution in [2.24, 2.45) is 0 Å². The van der Waals surface area contributed by atoms with Gasteiger partial charge in [-0.15, -0.1) is 0 Å². The maximum atomic E-state index is 12.4. The molecule has 23 heavy (non-hydrogen) atoms. The Bertz CT molecular complexity index is 863. The van der Waals surface area contributed by atoms with Crippen LogP contribution in [0.15, 0.2) is 46.9 Å². The predicted molar refractivity (Wildman–Crippen MR) is 85.8 cm³/mol. The highest BCUT2D eigenvalue weighted by Crippen LogP contribution is 2.39. The van der Waals surface area contributed by atoms with Crippen molar-refractivity contribution in [3.8, 4) is 22.8 Å². The Balaban J connectivity index is 2.31. The second kappa shape index (κ2) is 6.04. The van der Waals surface area contributed by atoms with Gasteiger partial charge >= 0.3 is 5.97 Å². The molecule has 3 rings (SSSR count). The van der Waals surface area contributed by atoms with Crippen LogP contribution >= 0.6 is 0 Å². The second-order valence-electron chi connectivity index (χ2n) is 4.91. The minimum absolute atomic E-state index is 0.0513. The van der Waals surface area contributed by atoms with Gasteiger partial charge in [0.2, 0.25) is 0 Å². The fourth-order valence-corrected chi connectivity index (χ4v) is 2.51. The molecule has 0 atom stereocenters. The summed E-state index contributed by atoms with van der Waals surface area (Å²) in [5, 5.41) is 10.2. The van der Waals surface area contributed by atoms with Gasteiger partial charge in [-0.25, -0.2) is 4.79 Å². The van der Waals surface area contributed by atoms with Gasteiger partial charge in [-0.3, -0.25) is 0 Å². The van der Waals surface area contributed by atoms with E-state index in [2.05, 4.69) is 0 Å². The molecule has 0 bridgehead atoms. The Labute approximate surface area is 133 Å². The summed E-state index contributed by atoms with van der Waals surface area (Å²) in [5.74, 6) is 0.496. The van der Waals surface area contributed by atoms with Crippen LogP contribution in [0.4, 0.5) is 0 Å². The van der Waals surface area contributed by atoms with E-state index in [0.717, 1.165) is 0 Å². The van der Waals surface area contributed by atoms with Crippen LogP contribution in [0, 0.1) is 0 Å². The lowest BCUT2D eigenvalue weighted by Gasteiger charge is -2.07. The summed E-state index contributed by atoms with van der Waals surface area (Å²) in [5.41, 5.74) is 1.42. The number of rotatable bonds is 4. The summed E-state index contributed by atoms with van der Waals surface area (Å²) in [6, 6.07) is 11.9. The lowest BCUT2D eigenvalue weighted by molar-refractivity contribution is 0.0529. The van der Waals surface area contributed by atoms with E-state index < -0.39 is 5.97 Å². The number of esters is 1. The third-order valence-electron chi connectivity index (χ3n) is 3.50. The van der Waals surface area contributed by atoms with Crippen molar-refractivity contribution in [3.63, 3.8) is 0 Å². The van der Waals surface area contributed by atoms with Crippen molar-refractivity contribution in [2.75, 3.05) is 13.7 Å². The van der Waals surface area contributed by atoms with E-state index in [1.54, 1.807) is 32.2 Å². The summed E-state index contributed by atoms with van der Waals surface area (Å²) < 4.78 is 16.4. The van der Waals surface area contributed by atoms with E-state index in [1.165, 1.54) is 12.1 Å². The van der Waals surface area contributed by atoms with Crippen molar-refractivity contribution in [2.45, 2.75) is 6.92 Å². The standard InChI is InChI=1S/C18H16O5/c1-3-22-18(20)16-13-10-11(19)8-9-15(13)23-17(16)12-6-4-5-7-14(12)21-2/h4-10,19H,3H2,1-2H3. The maximum Gasteiger partial charge on any atom is 0.342 e. The molecule has 5 nitrogen and oxygen atoms in total. The van der Waals surface area contributed by atoms with Gasteiger partial charge in [0.1, 0.15) is 22.6 Å². The van der Waals surface area contributed by atoms with Crippen LogP contribution in [0.25, 0.3) is 22.3 Å². The van der Waals surface area contributed by atoms with E-state index in [0.29, 0.717) is 28.0 Å². The molecule has 1 aromatic heterocycles. The molecule has 0 aliphatic heterocycles. The van der Waals surface area contributed by atoms with Gasteiger partial charge in [-0.05, 0) is 37.3 Å².